The molecule has 9 heavy (non-hydrogen) atoms. The van der Waals surface area contributed by atoms with Gasteiger partial charge in [-0.3, -0.25) is 0 Å². The molecule has 3 aliphatic rings. The number of nitrogens with one attached hydrogen (secondary N) is 1. The first-order valence-corrected chi connectivity index (χ1v) is 3.77. The van der Waals surface area contributed by atoms with E-state index in [4.69, 9.17) is 4.74 Å². The van der Waals surface area contributed by atoms with Crippen LogP contribution in [0.15, 0.2) is 0 Å². The minimum Gasteiger partial charge on any atom is -0.377 e. The molecular formula is C7H13NO. The molecule has 3 saturated heterocycles. The summed E-state index contributed by atoms with van der Waals surface area (Å²) in [7, 11) is 0. The zero-order valence-electron chi connectivity index (χ0n) is 5.60. The molecule has 0 spiro atoms. The summed E-state index contributed by atoms with van der Waals surface area (Å²) < 4.78 is 5.54. The summed E-state index contributed by atoms with van der Waals surface area (Å²) in [5.74, 6) is 0.809. The van der Waals surface area contributed by atoms with Gasteiger partial charge >= 0.3 is 0 Å². The van der Waals surface area contributed by atoms with Crippen LogP contribution in [0, 0.1) is 5.92 Å². The van der Waals surface area contributed by atoms with Crippen LogP contribution in [0.2, 0.25) is 0 Å². The molecular weight excluding hydrogens is 114 g/mol. The highest BCUT2D eigenvalue weighted by Gasteiger charge is 2.24. The summed E-state index contributed by atoms with van der Waals surface area (Å²) in [5.41, 5.74) is 0. The lowest BCUT2D eigenvalue weighted by molar-refractivity contribution is 0.00723. The number of fused-ring (bicyclic) bond motifs is 4. The van der Waals surface area contributed by atoms with Gasteiger partial charge in [0, 0.05) is 13.1 Å². The Morgan fingerprint density at radius 2 is 2.22 bits per heavy atom. The normalized spacial score (nSPS) is 42.7. The van der Waals surface area contributed by atoms with Crippen molar-refractivity contribution >= 4 is 0 Å². The van der Waals surface area contributed by atoms with Crippen LogP contribution in [0.25, 0.3) is 0 Å². The van der Waals surface area contributed by atoms with E-state index in [0.29, 0.717) is 6.10 Å². The van der Waals surface area contributed by atoms with E-state index in [2.05, 4.69) is 5.32 Å². The Morgan fingerprint density at radius 1 is 1.22 bits per heavy atom. The monoisotopic (exact) mass is 127 g/mol. The standard InChI is InChI=1S/C7H13NO/c1-2-7-4-8-3-6(1)5-9-7/h6-8H,1-5H2. The van der Waals surface area contributed by atoms with E-state index in [1.54, 1.807) is 0 Å². The average molecular weight is 127 g/mol. The molecule has 3 aliphatic heterocycles. The summed E-state index contributed by atoms with van der Waals surface area (Å²) in [5, 5.41) is 3.38. The second-order valence-electron chi connectivity index (χ2n) is 3.06. The molecule has 2 heteroatoms. The van der Waals surface area contributed by atoms with Crippen molar-refractivity contribution in [1.29, 1.82) is 0 Å². The van der Waals surface area contributed by atoms with E-state index >= 15 is 0 Å². The first-order chi connectivity index (χ1) is 4.45. The molecule has 0 aromatic rings. The highest BCUT2D eigenvalue weighted by atomic mass is 16.5. The Hall–Kier alpha value is -0.0800. The second-order valence-corrected chi connectivity index (χ2v) is 3.06. The van der Waals surface area contributed by atoms with E-state index in [-0.39, 0.29) is 0 Å². The molecule has 2 unspecified atom stereocenters. The number of hydrogen-bond acceptors (Lipinski definition) is 2. The van der Waals surface area contributed by atoms with Crippen LogP contribution in [0.5, 0.6) is 0 Å². The first-order valence-electron chi connectivity index (χ1n) is 3.77. The van der Waals surface area contributed by atoms with Gasteiger partial charge in [-0.05, 0) is 18.8 Å². The Kier molecular flexibility index (Phi) is 1.44. The third-order valence-electron chi connectivity index (χ3n) is 2.27. The Balaban J connectivity index is 2.03. The number of ether oxygens (including phenoxy) is 1. The van der Waals surface area contributed by atoms with Crippen LogP contribution in [0.1, 0.15) is 12.8 Å². The van der Waals surface area contributed by atoms with Crippen molar-refractivity contribution in [3.8, 4) is 0 Å². The number of rotatable bonds is 0. The lowest BCUT2D eigenvalue weighted by Crippen LogP contribution is -2.25. The van der Waals surface area contributed by atoms with Crippen LogP contribution in [0.4, 0.5) is 0 Å². The van der Waals surface area contributed by atoms with Gasteiger partial charge in [-0.25, -0.2) is 0 Å². The van der Waals surface area contributed by atoms with Crippen molar-refractivity contribution in [2.45, 2.75) is 18.9 Å². The van der Waals surface area contributed by atoms with Crippen molar-refractivity contribution in [2.75, 3.05) is 19.7 Å². The highest BCUT2D eigenvalue weighted by molar-refractivity contribution is 4.78. The van der Waals surface area contributed by atoms with Crippen molar-refractivity contribution in [1.82, 2.24) is 5.32 Å². The molecule has 1 N–H and O–H groups in total. The predicted octanol–water partition coefficient (Wildman–Crippen LogP) is 0.385. The van der Waals surface area contributed by atoms with Gasteiger partial charge in [-0.15, -0.1) is 0 Å². The van der Waals surface area contributed by atoms with Gasteiger partial charge in [0.15, 0.2) is 0 Å². The summed E-state index contributed by atoms with van der Waals surface area (Å²) in [6.07, 6.45) is 3.18. The predicted molar refractivity (Wildman–Crippen MR) is 35.3 cm³/mol. The second kappa shape index (κ2) is 2.27. The molecule has 0 radical (unpaired) electrons. The Bertz CT molecular complexity index is 79.6. The molecule has 2 nitrogen and oxygen atoms in total. The minimum absolute atomic E-state index is 0.531. The maximum atomic E-state index is 5.54. The Morgan fingerprint density at radius 3 is 3.00 bits per heavy atom. The number of hydrogen-bond donors (Lipinski definition) is 1. The topological polar surface area (TPSA) is 21.3 Å². The molecule has 52 valence electrons. The van der Waals surface area contributed by atoms with Crippen LogP contribution < -0.4 is 5.32 Å². The lowest BCUT2D eigenvalue weighted by Gasteiger charge is -2.22. The average Bonchev–Trinajstić information content (AvgIpc) is 2.21. The maximum Gasteiger partial charge on any atom is 0.0699 e. The molecule has 0 saturated carbocycles. The maximum absolute atomic E-state index is 5.54. The first kappa shape index (κ1) is 5.69. The molecule has 3 rings (SSSR count). The summed E-state index contributed by atoms with van der Waals surface area (Å²) in [6, 6.07) is 0. The van der Waals surface area contributed by atoms with Gasteiger partial charge in [-0.1, -0.05) is 0 Å². The smallest absolute Gasteiger partial charge is 0.0699 e. The molecule has 0 amide bonds. The largest absolute Gasteiger partial charge is 0.377 e. The van der Waals surface area contributed by atoms with Gasteiger partial charge in [0.1, 0.15) is 0 Å². The lowest BCUT2D eigenvalue weighted by atomic mass is 10.0. The van der Waals surface area contributed by atoms with Crippen molar-refractivity contribution in [2.24, 2.45) is 5.92 Å². The fourth-order valence-electron chi connectivity index (χ4n) is 1.63. The quantitative estimate of drug-likeness (QED) is 0.508. The minimum atomic E-state index is 0.531. The molecule has 2 atom stereocenters. The van der Waals surface area contributed by atoms with Crippen LogP contribution in [-0.4, -0.2) is 25.8 Å². The molecule has 3 heterocycles. The zero-order chi connectivity index (χ0) is 6.10. The van der Waals surface area contributed by atoms with Crippen molar-refractivity contribution in [3.63, 3.8) is 0 Å². The fraction of sp³-hybridized carbons (Fsp3) is 1.00. The zero-order valence-corrected chi connectivity index (χ0v) is 5.60. The van der Waals surface area contributed by atoms with Gasteiger partial charge in [0.25, 0.3) is 0 Å². The molecule has 3 fully saturated rings. The Labute approximate surface area is 55.6 Å². The van der Waals surface area contributed by atoms with Gasteiger partial charge in [0.05, 0.1) is 12.7 Å². The van der Waals surface area contributed by atoms with E-state index in [0.717, 1.165) is 19.1 Å². The molecule has 2 bridgehead atoms. The summed E-state index contributed by atoms with van der Waals surface area (Å²) >= 11 is 0. The molecule has 0 aromatic heterocycles. The third kappa shape index (κ3) is 1.10. The van der Waals surface area contributed by atoms with Crippen LogP contribution >= 0.6 is 0 Å². The van der Waals surface area contributed by atoms with Gasteiger partial charge in [0.2, 0.25) is 0 Å². The van der Waals surface area contributed by atoms with Crippen molar-refractivity contribution in [3.05, 3.63) is 0 Å². The van der Waals surface area contributed by atoms with Crippen molar-refractivity contribution < 1.29 is 4.74 Å². The SMILES string of the molecule is C1CC2CNCC1CO2. The highest BCUT2D eigenvalue weighted by Crippen LogP contribution is 2.20. The van der Waals surface area contributed by atoms with Crippen LogP contribution in [-0.2, 0) is 4.74 Å². The van der Waals surface area contributed by atoms with Crippen LogP contribution in [0.3, 0.4) is 0 Å². The fourth-order valence-corrected chi connectivity index (χ4v) is 1.63. The van der Waals surface area contributed by atoms with E-state index < -0.39 is 0 Å². The molecule has 0 aromatic carbocycles. The summed E-state index contributed by atoms with van der Waals surface area (Å²) in [4.78, 5) is 0. The summed E-state index contributed by atoms with van der Waals surface area (Å²) in [6.45, 7) is 3.25. The van der Waals surface area contributed by atoms with E-state index in [1.807, 2.05) is 0 Å². The third-order valence-corrected chi connectivity index (χ3v) is 2.27. The van der Waals surface area contributed by atoms with Gasteiger partial charge in [-0.2, -0.15) is 0 Å². The van der Waals surface area contributed by atoms with Gasteiger partial charge < -0.3 is 10.1 Å². The van der Waals surface area contributed by atoms with E-state index in [9.17, 15) is 0 Å². The van der Waals surface area contributed by atoms with E-state index in [1.165, 1.54) is 19.4 Å². The molecule has 0 aliphatic carbocycles.